The smallest absolute Gasteiger partial charge is 0.268 e. The van der Waals surface area contributed by atoms with E-state index in [2.05, 4.69) is 0 Å². The van der Waals surface area contributed by atoms with Crippen LogP contribution in [0.1, 0.15) is 39.1 Å². The van der Waals surface area contributed by atoms with Gasteiger partial charge < -0.3 is 0 Å². The lowest BCUT2D eigenvalue weighted by atomic mass is 9.86. The van der Waals surface area contributed by atoms with Gasteiger partial charge in [-0.3, -0.25) is 25.0 Å². The molecule has 0 fully saturated rings. The monoisotopic (exact) mass is 467 g/mol. The van der Waals surface area contributed by atoms with Crippen LogP contribution < -0.4 is 0 Å². The lowest BCUT2D eigenvalue weighted by Gasteiger charge is -2.37. The van der Waals surface area contributed by atoms with E-state index in [0.717, 1.165) is 11.6 Å². The van der Waals surface area contributed by atoms with Crippen LogP contribution in [-0.4, -0.2) is 28.5 Å². The molecule has 0 aliphatic carbocycles. The van der Waals surface area contributed by atoms with Gasteiger partial charge in [0, 0.05) is 22.6 Å². The molecule has 0 aromatic heterocycles. The van der Waals surface area contributed by atoms with Crippen LogP contribution in [0.4, 0.5) is 5.69 Å². The number of rotatable bonds is 5. The van der Waals surface area contributed by atoms with E-state index in [9.17, 15) is 33.4 Å². The molecule has 1 aliphatic heterocycles. The summed E-state index contributed by atoms with van der Waals surface area (Å²) < 4.78 is 27.8. The highest BCUT2D eigenvalue weighted by Gasteiger charge is 2.52. The van der Waals surface area contributed by atoms with Crippen LogP contribution in [0, 0.1) is 27.2 Å². The van der Waals surface area contributed by atoms with E-state index in [4.69, 9.17) is 0 Å². The molecule has 0 N–H and O–H groups in total. The number of hydrogen-bond donors (Lipinski definition) is 0. The minimum atomic E-state index is -4.56. The highest BCUT2D eigenvalue weighted by molar-refractivity contribution is 7.89. The maximum atomic E-state index is 13.6. The van der Waals surface area contributed by atoms with Crippen LogP contribution >= 0.6 is 0 Å². The van der Waals surface area contributed by atoms with Gasteiger partial charge in [-0.15, -0.1) is 0 Å². The topological polar surface area (TPSA) is 141 Å². The maximum Gasteiger partial charge on any atom is 0.269 e. The number of carbonyl (C=O) groups is 1. The first-order valence-corrected chi connectivity index (χ1v) is 11.2. The Kier molecular flexibility index (Phi) is 5.42. The van der Waals surface area contributed by atoms with Crippen molar-refractivity contribution in [2.24, 2.45) is 0 Å². The van der Waals surface area contributed by atoms with Gasteiger partial charge in [-0.2, -0.15) is 0 Å². The normalized spacial score (nSPS) is 18.0. The van der Waals surface area contributed by atoms with E-state index < -0.39 is 37.9 Å². The molecule has 0 saturated heterocycles. The molecule has 168 valence electrons. The molecule has 3 aromatic carbocycles. The summed E-state index contributed by atoms with van der Waals surface area (Å²) in [5, 5.41) is 23.5. The standard InChI is InChI=1S/C22H17N3O7S/c1-14-9-11-17(12-10-14)33(31,32)23-20(15-5-4-6-16(13-15)24(27)28)21(25(29)30)18-7-2-3-8-19(18)22(23)26/h2-13,20-21H,1H3/t20-,21+/m1/s1. The Hall–Kier alpha value is -4.12. The molecule has 0 unspecified atom stereocenters. The predicted octanol–water partition coefficient (Wildman–Crippen LogP) is 3.81. The Morgan fingerprint density at radius 3 is 2.21 bits per heavy atom. The zero-order valence-corrected chi connectivity index (χ0v) is 18.0. The fourth-order valence-corrected chi connectivity index (χ4v) is 5.50. The molecular weight excluding hydrogens is 450 g/mol. The van der Waals surface area contributed by atoms with Crippen molar-refractivity contribution in [2.75, 3.05) is 0 Å². The van der Waals surface area contributed by atoms with Crippen molar-refractivity contribution in [3.63, 3.8) is 0 Å². The fourth-order valence-electron chi connectivity index (χ4n) is 3.94. The third-order valence-corrected chi connectivity index (χ3v) is 7.27. The van der Waals surface area contributed by atoms with Crippen LogP contribution in [0.5, 0.6) is 0 Å². The number of aryl methyl sites for hydroxylation is 1. The van der Waals surface area contributed by atoms with Crippen molar-refractivity contribution < 1.29 is 23.1 Å². The van der Waals surface area contributed by atoms with Crippen molar-refractivity contribution in [3.05, 3.63) is 115 Å². The first kappa shape index (κ1) is 22.1. The molecule has 1 heterocycles. The van der Waals surface area contributed by atoms with Crippen LogP contribution in [0.15, 0.2) is 77.7 Å². The maximum absolute atomic E-state index is 13.6. The summed E-state index contributed by atoms with van der Waals surface area (Å²) in [4.78, 5) is 35.4. The van der Waals surface area contributed by atoms with E-state index in [1.54, 1.807) is 19.1 Å². The third-order valence-electron chi connectivity index (χ3n) is 5.49. The number of carbonyl (C=O) groups excluding carboxylic acids is 1. The van der Waals surface area contributed by atoms with Gasteiger partial charge in [0.1, 0.15) is 6.04 Å². The van der Waals surface area contributed by atoms with Gasteiger partial charge in [0.05, 0.1) is 15.4 Å². The van der Waals surface area contributed by atoms with Gasteiger partial charge in [-0.1, -0.05) is 48.0 Å². The van der Waals surface area contributed by atoms with Crippen LogP contribution in [-0.2, 0) is 10.0 Å². The minimum absolute atomic E-state index is 0.0376. The summed E-state index contributed by atoms with van der Waals surface area (Å²) in [7, 11) is -4.56. The second kappa shape index (κ2) is 8.10. The molecule has 10 nitrogen and oxygen atoms in total. The molecule has 0 radical (unpaired) electrons. The summed E-state index contributed by atoms with van der Waals surface area (Å²) in [6.45, 7) is 1.76. The summed E-state index contributed by atoms with van der Waals surface area (Å²) >= 11 is 0. The average Bonchev–Trinajstić information content (AvgIpc) is 2.79. The zero-order chi connectivity index (χ0) is 23.9. The number of benzene rings is 3. The van der Waals surface area contributed by atoms with Gasteiger partial charge in [0.2, 0.25) is 0 Å². The molecule has 0 spiro atoms. The third kappa shape index (κ3) is 3.72. The molecule has 1 aliphatic rings. The first-order valence-electron chi connectivity index (χ1n) is 9.75. The number of nitro benzene ring substituents is 1. The molecule has 1 amide bonds. The molecular formula is C22H17N3O7S. The van der Waals surface area contributed by atoms with E-state index in [1.807, 2.05) is 0 Å². The first-order chi connectivity index (χ1) is 15.6. The predicted molar refractivity (Wildman–Crippen MR) is 117 cm³/mol. The molecule has 4 rings (SSSR count). The fraction of sp³-hybridized carbons (Fsp3) is 0.136. The summed E-state index contributed by atoms with van der Waals surface area (Å²) in [5.41, 5.74) is 0.289. The molecule has 0 bridgehead atoms. The number of amides is 1. The molecule has 0 saturated carbocycles. The number of sulfonamides is 1. The lowest BCUT2D eigenvalue weighted by molar-refractivity contribution is -0.537. The van der Waals surface area contributed by atoms with Crippen molar-refractivity contribution in [1.29, 1.82) is 0 Å². The summed E-state index contributed by atoms with van der Waals surface area (Å²) in [5.74, 6) is -0.944. The van der Waals surface area contributed by atoms with Crippen LogP contribution in [0.3, 0.4) is 0 Å². The quantitative estimate of drug-likeness (QED) is 0.410. The van der Waals surface area contributed by atoms with Crippen LogP contribution in [0.2, 0.25) is 0 Å². The van der Waals surface area contributed by atoms with Crippen LogP contribution in [0.25, 0.3) is 0 Å². The van der Waals surface area contributed by atoms with Gasteiger partial charge in [0.15, 0.2) is 0 Å². The Labute approximate surface area is 188 Å². The van der Waals surface area contributed by atoms with Gasteiger partial charge in [0.25, 0.3) is 27.7 Å². The molecule has 11 heteroatoms. The number of fused-ring (bicyclic) bond motifs is 1. The van der Waals surface area contributed by atoms with E-state index in [1.165, 1.54) is 54.6 Å². The van der Waals surface area contributed by atoms with Crippen molar-refractivity contribution in [2.45, 2.75) is 23.9 Å². The molecule has 3 aromatic rings. The van der Waals surface area contributed by atoms with Gasteiger partial charge in [-0.25, -0.2) is 12.7 Å². The number of nitro groups is 2. The number of hydrogen-bond acceptors (Lipinski definition) is 7. The van der Waals surface area contributed by atoms with E-state index in [0.29, 0.717) is 4.31 Å². The van der Waals surface area contributed by atoms with Gasteiger partial charge in [-0.05, 0) is 30.7 Å². The lowest BCUT2D eigenvalue weighted by Crippen LogP contribution is -2.47. The van der Waals surface area contributed by atoms with Crippen molar-refractivity contribution in [1.82, 2.24) is 4.31 Å². The summed E-state index contributed by atoms with van der Waals surface area (Å²) in [6.07, 6.45) is 0. The Balaban J connectivity index is 2.02. The largest absolute Gasteiger partial charge is 0.269 e. The zero-order valence-electron chi connectivity index (χ0n) is 17.2. The van der Waals surface area contributed by atoms with Crippen molar-refractivity contribution in [3.8, 4) is 0 Å². The highest BCUT2D eigenvalue weighted by Crippen LogP contribution is 2.46. The SMILES string of the molecule is Cc1ccc(S(=O)(=O)N2C(=O)c3ccccc3[C@H]([N+](=O)[O-])[C@H]2c2cccc([N+](=O)[O-])c2)cc1. The summed E-state index contributed by atoms with van der Waals surface area (Å²) in [6, 6.07) is 13.0. The van der Waals surface area contributed by atoms with E-state index >= 15 is 0 Å². The Bertz CT molecular complexity index is 1390. The second-order valence-electron chi connectivity index (χ2n) is 7.53. The molecule has 33 heavy (non-hydrogen) atoms. The van der Waals surface area contributed by atoms with E-state index in [-0.39, 0.29) is 27.3 Å². The number of non-ortho nitro benzene ring substituents is 1. The van der Waals surface area contributed by atoms with Gasteiger partial charge >= 0.3 is 0 Å². The second-order valence-corrected chi connectivity index (χ2v) is 9.35. The number of nitrogens with zero attached hydrogens (tertiary/aromatic N) is 3. The minimum Gasteiger partial charge on any atom is -0.268 e. The molecule has 2 atom stereocenters. The Morgan fingerprint density at radius 1 is 0.909 bits per heavy atom. The van der Waals surface area contributed by atoms with Crippen molar-refractivity contribution >= 4 is 21.6 Å². The Morgan fingerprint density at radius 2 is 1.58 bits per heavy atom. The highest BCUT2D eigenvalue weighted by atomic mass is 32.2. The average molecular weight is 467 g/mol.